The van der Waals surface area contributed by atoms with Gasteiger partial charge in [0.2, 0.25) is 17.7 Å². The van der Waals surface area contributed by atoms with Crippen molar-refractivity contribution in [1.29, 1.82) is 0 Å². The van der Waals surface area contributed by atoms with Crippen LogP contribution in [0.4, 0.5) is 11.4 Å². The molecule has 5 rings (SSSR count). The zero-order valence-electron chi connectivity index (χ0n) is 18.4. The van der Waals surface area contributed by atoms with Crippen molar-refractivity contribution in [1.82, 2.24) is 4.90 Å². The molecule has 0 unspecified atom stereocenters. The van der Waals surface area contributed by atoms with E-state index in [2.05, 4.69) is 5.32 Å². The first-order chi connectivity index (χ1) is 16.4. The van der Waals surface area contributed by atoms with E-state index in [1.807, 2.05) is 42.5 Å². The number of methoxy groups -OCH3 is 1. The normalized spacial score (nSPS) is 25.4. The van der Waals surface area contributed by atoms with Gasteiger partial charge in [-0.25, -0.2) is 0 Å². The number of nitrogens with one attached hydrogen (secondary N) is 1. The van der Waals surface area contributed by atoms with E-state index < -0.39 is 28.7 Å². The SMILES string of the molecule is COc1ccc(NC(=O)[C@@H](Cc2ccccc2)N2C(=O)[C@@H]3[C@H](C2=O)[C@@H]2C=C[C@H]3C2)c([N+](=O)[O-])c1. The minimum absolute atomic E-state index is 0.0135. The van der Waals surface area contributed by atoms with Crippen molar-refractivity contribution in [3.8, 4) is 5.75 Å². The number of hydrogen-bond donors (Lipinski definition) is 1. The number of imide groups is 1. The van der Waals surface area contributed by atoms with E-state index in [9.17, 15) is 24.5 Å². The van der Waals surface area contributed by atoms with Crippen LogP contribution in [0.5, 0.6) is 5.75 Å². The van der Waals surface area contributed by atoms with E-state index in [0.717, 1.165) is 16.9 Å². The minimum Gasteiger partial charge on any atom is -0.496 e. The van der Waals surface area contributed by atoms with Gasteiger partial charge in [-0.05, 0) is 36.0 Å². The van der Waals surface area contributed by atoms with E-state index in [0.29, 0.717) is 0 Å². The number of rotatable bonds is 7. The first kappa shape index (κ1) is 21.8. The molecule has 1 N–H and O–H groups in total. The van der Waals surface area contributed by atoms with Crippen molar-refractivity contribution in [2.24, 2.45) is 23.7 Å². The Balaban J connectivity index is 1.48. The number of ether oxygens (including phenoxy) is 1. The number of benzene rings is 2. The zero-order valence-corrected chi connectivity index (χ0v) is 18.4. The van der Waals surface area contributed by atoms with E-state index >= 15 is 0 Å². The van der Waals surface area contributed by atoms with Crippen molar-refractivity contribution < 1.29 is 24.0 Å². The monoisotopic (exact) mass is 461 g/mol. The molecule has 0 spiro atoms. The summed E-state index contributed by atoms with van der Waals surface area (Å²) in [5.41, 5.74) is 0.393. The number of nitro groups is 1. The number of nitrogens with zero attached hydrogens (tertiary/aromatic N) is 2. The number of hydrogen-bond acceptors (Lipinski definition) is 6. The van der Waals surface area contributed by atoms with Crippen molar-refractivity contribution in [3.63, 3.8) is 0 Å². The van der Waals surface area contributed by atoms with Crippen molar-refractivity contribution >= 4 is 29.1 Å². The summed E-state index contributed by atoms with van der Waals surface area (Å²) in [7, 11) is 1.39. The lowest BCUT2D eigenvalue weighted by Crippen LogP contribution is -2.49. The largest absolute Gasteiger partial charge is 0.496 e. The van der Waals surface area contributed by atoms with Crippen LogP contribution in [0.25, 0.3) is 0 Å². The second-order valence-electron chi connectivity index (χ2n) is 8.88. The molecule has 2 fully saturated rings. The van der Waals surface area contributed by atoms with Crippen molar-refractivity contribution in [2.45, 2.75) is 18.9 Å². The standard InChI is InChI=1S/C25H23N3O6/c1-34-17-9-10-18(19(13-17)28(32)33)26-23(29)20(11-14-5-3-2-4-6-14)27-24(30)21-15-7-8-16(12-15)22(21)25(27)31/h2-10,13,15-16,20-22H,11-12H2,1H3,(H,26,29)/t15-,16+,20-,21-,22+/m1/s1. The Bertz CT molecular complexity index is 1180. The van der Waals surface area contributed by atoms with E-state index in [4.69, 9.17) is 4.74 Å². The molecule has 1 saturated heterocycles. The van der Waals surface area contributed by atoms with Crippen LogP contribution in [0.3, 0.4) is 0 Å². The molecule has 2 aliphatic carbocycles. The van der Waals surface area contributed by atoms with Crippen molar-refractivity contribution in [3.05, 3.63) is 76.4 Å². The molecule has 0 radical (unpaired) electrons. The minimum atomic E-state index is -1.13. The van der Waals surface area contributed by atoms with Gasteiger partial charge in [-0.3, -0.25) is 29.4 Å². The molecule has 0 aromatic heterocycles. The third kappa shape index (κ3) is 3.53. The number of amides is 3. The molecule has 1 heterocycles. The van der Waals surface area contributed by atoms with Gasteiger partial charge in [0.25, 0.3) is 5.69 Å². The first-order valence-electron chi connectivity index (χ1n) is 11.1. The molecule has 5 atom stereocenters. The Kier molecular flexibility index (Phi) is 5.39. The highest BCUT2D eigenvalue weighted by molar-refractivity contribution is 6.11. The predicted octanol–water partition coefficient (Wildman–Crippen LogP) is 2.96. The maximum absolute atomic E-state index is 13.5. The van der Waals surface area contributed by atoms with Crippen LogP contribution >= 0.6 is 0 Å². The van der Waals surface area contributed by atoms with Gasteiger partial charge in [0.1, 0.15) is 17.5 Å². The molecule has 2 aromatic rings. The molecule has 3 amide bonds. The summed E-state index contributed by atoms with van der Waals surface area (Å²) in [6, 6.07) is 12.0. The Morgan fingerprint density at radius 1 is 1.12 bits per heavy atom. The Hall–Kier alpha value is -4.01. The maximum atomic E-state index is 13.5. The molecular weight excluding hydrogens is 438 g/mol. The van der Waals surface area contributed by atoms with Crippen molar-refractivity contribution in [2.75, 3.05) is 12.4 Å². The van der Waals surface area contributed by atoms with Crippen LogP contribution in [0.1, 0.15) is 12.0 Å². The topological polar surface area (TPSA) is 119 Å². The molecule has 1 aliphatic heterocycles. The molecule has 9 nitrogen and oxygen atoms in total. The second kappa shape index (κ2) is 8.40. The van der Waals surface area contributed by atoms with Crippen LogP contribution in [0.15, 0.2) is 60.7 Å². The summed E-state index contributed by atoms with van der Waals surface area (Å²) in [5.74, 6) is -1.92. The fourth-order valence-electron chi connectivity index (χ4n) is 5.48. The average molecular weight is 461 g/mol. The lowest BCUT2D eigenvalue weighted by Gasteiger charge is -2.27. The van der Waals surface area contributed by atoms with Gasteiger partial charge in [-0.15, -0.1) is 0 Å². The van der Waals surface area contributed by atoms with Crippen LogP contribution < -0.4 is 10.1 Å². The van der Waals surface area contributed by atoms with E-state index in [1.165, 1.54) is 25.3 Å². The summed E-state index contributed by atoms with van der Waals surface area (Å²) < 4.78 is 5.05. The van der Waals surface area contributed by atoms with Gasteiger partial charge in [-0.1, -0.05) is 42.5 Å². The number of carbonyl (C=O) groups excluding carboxylic acids is 3. The fourth-order valence-corrected chi connectivity index (χ4v) is 5.48. The molecule has 2 aromatic carbocycles. The Morgan fingerprint density at radius 2 is 1.76 bits per heavy atom. The molecule has 1 saturated carbocycles. The van der Waals surface area contributed by atoms with Crippen LogP contribution in [-0.2, 0) is 20.8 Å². The van der Waals surface area contributed by atoms with Gasteiger partial charge in [0.15, 0.2) is 0 Å². The highest BCUT2D eigenvalue weighted by Gasteiger charge is 2.61. The number of anilines is 1. The second-order valence-corrected chi connectivity index (χ2v) is 8.88. The molecule has 3 aliphatic rings. The number of likely N-dealkylation sites (tertiary alicyclic amines) is 1. The average Bonchev–Trinajstić information content (AvgIpc) is 3.52. The van der Waals surface area contributed by atoms with Crippen LogP contribution in [-0.4, -0.2) is 40.7 Å². The molecule has 174 valence electrons. The predicted molar refractivity (Wildman–Crippen MR) is 122 cm³/mol. The lowest BCUT2D eigenvalue weighted by atomic mass is 9.85. The molecule has 2 bridgehead atoms. The highest BCUT2D eigenvalue weighted by Crippen LogP contribution is 2.53. The molecule has 9 heteroatoms. The quantitative estimate of drug-likeness (QED) is 0.293. The van der Waals surface area contributed by atoms with Gasteiger partial charge >= 0.3 is 0 Å². The van der Waals surface area contributed by atoms with E-state index in [1.54, 1.807) is 0 Å². The first-order valence-corrected chi connectivity index (χ1v) is 11.1. The lowest BCUT2D eigenvalue weighted by molar-refractivity contribution is -0.384. The van der Waals surface area contributed by atoms with Gasteiger partial charge in [0, 0.05) is 6.42 Å². The summed E-state index contributed by atoms with van der Waals surface area (Å²) in [5, 5.41) is 14.2. The van der Waals surface area contributed by atoms with Crippen LogP contribution in [0.2, 0.25) is 0 Å². The third-order valence-corrected chi connectivity index (χ3v) is 7.05. The summed E-state index contributed by atoms with van der Waals surface area (Å²) in [6.45, 7) is 0. The fraction of sp³-hybridized carbons (Fsp3) is 0.320. The number of nitro benzene ring substituents is 1. The maximum Gasteiger partial charge on any atom is 0.296 e. The third-order valence-electron chi connectivity index (χ3n) is 7.05. The van der Waals surface area contributed by atoms with Gasteiger partial charge < -0.3 is 10.1 Å². The van der Waals surface area contributed by atoms with E-state index in [-0.39, 0.29) is 47.2 Å². The van der Waals surface area contributed by atoms with Gasteiger partial charge in [-0.2, -0.15) is 0 Å². The molecule has 34 heavy (non-hydrogen) atoms. The Morgan fingerprint density at radius 3 is 2.35 bits per heavy atom. The van der Waals surface area contributed by atoms with Gasteiger partial charge in [0.05, 0.1) is 29.9 Å². The zero-order chi connectivity index (χ0) is 24.0. The number of allylic oxidation sites excluding steroid dienone is 2. The highest BCUT2D eigenvalue weighted by atomic mass is 16.6. The summed E-state index contributed by atoms with van der Waals surface area (Å²) in [6.07, 6.45) is 4.88. The number of carbonyl (C=O) groups is 3. The summed E-state index contributed by atoms with van der Waals surface area (Å²) in [4.78, 5) is 52.4. The smallest absolute Gasteiger partial charge is 0.296 e. The summed E-state index contributed by atoms with van der Waals surface area (Å²) >= 11 is 0. The number of fused-ring (bicyclic) bond motifs is 5. The van der Waals surface area contributed by atoms with Crippen LogP contribution in [0, 0.1) is 33.8 Å². The molecular formula is C25H23N3O6. The Labute approximate surface area is 195 Å².